The van der Waals surface area contributed by atoms with Crippen molar-refractivity contribution in [2.45, 2.75) is 6.92 Å². The van der Waals surface area contributed by atoms with Gasteiger partial charge in [-0.15, -0.1) is 0 Å². The summed E-state index contributed by atoms with van der Waals surface area (Å²) in [5, 5.41) is 6.05. The summed E-state index contributed by atoms with van der Waals surface area (Å²) < 4.78 is 11.0. The van der Waals surface area contributed by atoms with Gasteiger partial charge in [-0.3, -0.25) is 14.5 Å². The molecule has 2 aromatic carbocycles. The van der Waals surface area contributed by atoms with Crippen molar-refractivity contribution in [1.29, 1.82) is 0 Å². The van der Waals surface area contributed by atoms with Gasteiger partial charge in [-0.25, -0.2) is 0 Å². The lowest BCUT2D eigenvalue weighted by Gasteiger charge is -2.21. The Bertz CT molecular complexity index is 859. The van der Waals surface area contributed by atoms with Crippen LogP contribution in [0.2, 0.25) is 5.02 Å². The maximum absolute atomic E-state index is 12.4. The first-order valence-electron chi connectivity index (χ1n) is 9.01. The summed E-state index contributed by atoms with van der Waals surface area (Å²) >= 11 is 6.05. The standard InChI is InChI=1S/C20H22ClN3O4/c1-2-24(13-20(26)23-16-6-4-3-5-15(16)21)12-19(25)22-14-7-8-17-18(11-14)28-10-9-27-17/h3-8,11H,2,9-10,12-13H2,1H3,(H,22,25)(H,23,26). The van der Waals surface area contributed by atoms with Crippen LogP contribution in [0.15, 0.2) is 42.5 Å². The molecule has 0 radical (unpaired) electrons. The summed E-state index contributed by atoms with van der Waals surface area (Å²) in [6, 6.07) is 12.3. The van der Waals surface area contributed by atoms with Gasteiger partial charge < -0.3 is 20.1 Å². The van der Waals surface area contributed by atoms with E-state index in [2.05, 4.69) is 10.6 Å². The number of nitrogens with one attached hydrogen (secondary N) is 2. The largest absolute Gasteiger partial charge is 0.486 e. The molecule has 2 N–H and O–H groups in total. The first-order valence-corrected chi connectivity index (χ1v) is 9.39. The SMILES string of the molecule is CCN(CC(=O)Nc1ccc2c(c1)OCCO2)CC(=O)Nc1ccccc1Cl. The summed E-state index contributed by atoms with van der Waals surface area (Å²) in [7, 11) is 0. The maximum Gasteiger partial charge on any atom is 0.238 e. The van der Waals surface area contributed by atoms with E-state index in [0.29, 0.717) is 47.7 Å². The Balaban J connectivity index is 1.53. The molecule has 0 saturated heterocycles. The third kappa shape index (κ3) is 5.37. The average Bonchev–Trinajstić information content (AvgIpc) is 2.69. The van der Waals surface area contributed by atoms with Gasteiger partial charge in [0, 0.05) is 11.8 Å². The Labute approximate surface area is 168 Å². The monoisotopic (exact) mass is 403 g/mol. The molecule has 2 amide bonds. The van der Waals surface area contributed by atoms with Gasteiger partial charge in [0.2, 0.25) is 11.8 Å². The van der Waals surface area contributed by atoms with E-state index in [4.69, 9.17) is 21.1 Å². The summed E-state index contributed by atoms with van der Waals surface area (Å²) in [4.78, 5) is 26.4. The van der Waals surface area contributed by atoms with Gasteiger partial charge in [0.1, 0.15) is 13.2 Å². The lowest BCUT2D eigenvalue weighted by molar-refractivity contribution is -0.119. The Morgan fingerprint density at radius 1 is 1.00 bits per heavy atom. The van der Waals surface area contributed by atoms with Crippen molar-refractivity contribution in [3.63, 3.8) is 0 Å². The zero-order chi connectivity index (χ0) is 19.9. The molecule has 148 valence electrons. The number of hydrogen-bond donors (Lipinski definition) is 2. The second kappa shape index (κ2) is 9.43. The van der Waals surface area contributed by atoms with Crippen LogP contribution in [-0.2, 0) is 9.59 Å². The number of anilines is 2. The van der Waals surface area contributed by atoms with E-state index < -0.39 is 0 Å². The quantitative estimate of drug-likeness (QED) is 0.742. The predicted molar refractivity (Wildman–Crippen MR) is 108 cm³/mol. The van der Waals surface area contributed by atoms with Crippen LogP contribution in [0.1, 0.15) is 6.92 Å². The molecule has 28 heavy (non-hydrogen) atoms. The Hall–Kier alpha value is -2.77. The van der Waals surface area contributed by atoms with E-state index in [1.807, 2.05) is 6.92 Å². The van der Waals surface area contributed by atoms with Crippen LogP contribution in [0.4, 0.5) is 11.4 Å². The Kier molecular flexibility index (Phi) is 6.73. The number of ether oxygens (including phenoxy) is 2. The van der Waals surface area contributed by atoms with Crippen molar-refractivity contribution in [1.82, 2.24) is 4.90 Å². The van der Waals surface area contributed by atoms with Crippen molar-refractivity contribution in [2.75, 3.05) is 43.5 Å². The zero-order valence-corrected chi connectivity index (χ0v) is 16.3. The number of likely N-dealkylation sites (N-methyl/N-ethyl adjacent to an activating group) is 1. The summed E-state index contributed by atoms with van der Waals surface area (Å²) in [5.74, 6) is 0.817. The lowest BCUT2D eigenvalue weighted by atomic mass is 10.2. The van der Waals surface area contributed by atoms with Gasteiger partial charge in [0.25, 0.3) is 0 Å². The van der Waals surface area contributed by atoms with Crippen LogP contribution in [0.25, 0.3) is 0 Å². The van der Waals surface area contributed by atoms with E-state index in [1.54, 1.807) is 47.4 Å². The van der Waals surface area contributed by atoms with Crippen molar-refractivity contribution in [3.8, 4) is 11.5 Å². The minimum atomic E-state index is -0.234. The average molecular weight is 404 g/mol. The molecule has 1 aliphatic rings. The van der Waals surface area contributed by atoms with Gasteiger partial charge in [0.15, 0.2) is 11.5 Å². The molecule has 2 aromatic rings. The van der Waals surface area contributed by atoms with E-state index in [1.165, 1.54) is 0 Å². The number of carbonyl (C=O) groups excluding carboxylic acids is 2. The number of para-hydroxylation sites is 1. The van der Waals surface area contributed by atoms with Crippen molar-refractivity contribution >= 4 is 34.8 Å². The molecule has 0 fully saturated rings. The summed E-state index contributed by atoms with van der Waals surface area (Å²) in [6.45, 7) is 3.59. The third-order valence-corrected chi connectivity index (χ3v) is 4.49. The first-order chi connectivity index (χ1) is 13.5. The van der Waals surface area contributed by atoms with E-state index >= 15 is 0 Å². The van der Waals surface area contributed by atoms with Crippen LogP contribution >= 0.6 is 11.6 Å². The van der Waals surface area contributed by atoms with Crippen LogP contribution in [0.5, 0.6) is 11.5 Å². The summed E-state index contributed by atoms with van der Waals surface area (Å²) in [6.07, 6.45) is 0. The molecule has 7 nitrogen and oxygen atoms in total. The highest BCUT2D eigenvalue weighted by Crippen LogP contribution is 2.32. The molecular formula is C20H22ClN3O4. The van der Waals surface area contributed by atoms with Gasteiger partial charge in [-0.1, -0.05) is 30.7 Å². The van der Waals surface area contributed by atoms with Crippen LogP contribution in [-0.4, -0.2) is 49.6 Å². The smallest absolute Gasteiger partial charge is 0.238 e. The number of rotatable bonds is 7. The molecule has 1 heterocycles. The lowest BCUT2D eigenvalue weighted by Crippen LogP contribution is -2.38. The highest BCUT2D eigenvalue weighted by Gasteiger charge is 2.16. The van der Waals surface area contributed by atoms with Crippen molar-refractivity contribution < 1.29 is 19.1 Å². The topological polar surface area (TPSA) is 79.9 Å². The maximum atomic E-state index is 12.4. The van der Waals surface area contributed by atoms with E-state index in [0.717, 1.165) is 0 Å². The molecule has 1 aliphatic heterocycles. The number of hydrogen-bond acceptors (Lipinski definition) is 5. The number of carbonyl (C=O) groups is 2. The third-order valence-electron chi connectivity index (χ3n) is 4.16. The Morgan fingerprint density at radius 3 is 2.39 bits per heavy atom. The van der Waals surface area contributed by atoms with Crippen LogP contribution in [0, 0.1) is 0 Å². The molecule has 0 bridgehead atoms. The second-order valence-corrected chi connectivity index (χ2v) is 6.65. The Morgan fingerprint density at radius 2 is 1.68 bits per heavy atom. The van der Waals surface area contributed by atoms with Gasteiger partial charge in [0.05, 0.1) is 23.8 Å². The fourth-order valence-corrected chi connectivity index (χ4v) is 2.94. The van der Waals surface area contributed by atoms with Gasteiger partial charge in [-0.2, -0.15) is 0 Å². The molecule has 0 aliphatic carbocycles. The number of fused-ring (bicyclic) bond motifs is 1. The van der Waals surface area contributed by atoms with Crippen LogP contribution in [0.3, 0.4) is 0 Å². The molecule has 0 unspecified atom stereocenters. The number of benzene rings is 2. The minimum absolute atomic E-state index is 0.0796. The van der Waals surface area contributed by atoms with Crippen LogP contribution < -0.4 is 20.1 Å². The summed E-state index contributed by atoms with van der Waals surface area (Å²) in [5.41, 5.74) is 1.16. The molecule has 3 rings (SSSR count). The molecule has 0 aromatic heterocycles. The van der Waals surface area contributed by atoms with E-state index in [9.17, 15) is 9.59 Å². The minimum Gasteiger partial charge on any atom is -0.486 e. The fourth-order valence-electron chi connectivity index (χ4n) is 2.76. The van der Waals surface area contributed by atoms with Crippen molar-refractivity contribution in [2.24, 2.45) is 0 Å². The molecular weight excluding hydrogens is 382 g/mol. The van der Waals surface area contributed by atoms with E-state index in [-0.39, 0.29) is 24.9 Å². The zero-order valence-electron chi connectivity index (χ0n) is 15.5. The number of halogens is 1. The van der Waals surface area contributed by atoms with Crippen molar-refractivity contribution in [3.05, 3.63) is 47.5 Å². The first kappa shape index (κ1) is 20.0. The molecule has 8 heteroatoms. The highest BCUT2D eigenvalue weighted by atomic mass is 35.5. The normalized spacial score (nSPS) is 12.5. The number of amides is 2. The second-order valence-electron chi connectivity index (χ2n) is 6.24. The number of nitrogens with zero attached hydrogens (tertiary/aromatic N) is 1. The predicted octanol–water partition coefficient (Wildman–Crippen LogP) is 3.01. The van der Waals surface area contributed by atoms with Gasteiger partial charge in [-0.05, 0) is 30.8 Å². The molecule has 0 saturated carbocycles. The highest BCUT2D eigenvalue weighted by molar-refractivity contribution is 6.33. The fraction of sp³-hybridized carbons (Fsp3) is 0.300. The molecule has 0 spiro atoms. The molecule has 0 atom stereocenters. The van der Waals surface area contributed by atoms with Gasteiger partial charge >= 0.3 is 0 Å².